The number of hydrogen-bond donors (Lipinski definition) is 0. The molecular weight excluding hydrogens is 913 g/mol. The third-order valence-electron chi connectivity index (χ3n) is 15.1. The van der Waals surface area contributed by atoms with Crippen molar-refractivity contribution in [2.45, 2.75) is 348 Å². The monoisotopic (exact) mass is 1040 g/mol. The van der Waals surface area contributed by atoms with Gasteiger partial charge in [-0.2, -0.15) is 0 Å². The summed E-state index contributed by atoms with van der Waals surface area (Å²) >= 11 is 0. The van der Waals surface area contributed by atoms with Gasteiger partial charge in [-0.1, -0.05) is 273 Å². The molecule has 0 amide bonds. The minimum Gasteiger partial charge on any atom is -0.300 e. The molecule has 0 aliphatic heterocycles. The maximum atomic E-state index is 13.5. The molecule has 432 valence electrons. The van der Waals surface area contributed by atoms with Crippen molar-refractivity contribution in [2.75, 3.05) is 0 Å². The molecule has 0 N–H and O–H groups in total. The molecule has 0 aliphatic rings. The second-order valence-corrected chi connectivity index (χ2v) is 22.5. The van der Waals surface area contributed by atoms with Crippen molar-refractivity contribution in [3.05, 3.63) is 85.1 Å². The zero-order chi connectivity index (χ0) is 54.3. The predicted molar refractivity (Wildman–Crippen MR) is 335 cm³/mol. The van der Waals surface area contributed by atoms with Crippen molar-refractivity contribution in [1.29, 1.82) is 0 Å². The lowest BCUT2D eigenvalue weighted by Crippen LogP contribution is -2.24. The van der Waals surface area contributed by atoms with Gasteiger partial charge in [0.15, 0.2) is 0 Å². The molecule has 0 aromatic carbocycles. The second-order valence-electron chi connectivity index (χ2n) is 22.5. The first-order chi connectivity index (χ1) is 37.1. The fraction of sp³-hybridized carbons (Fsp3) is 0.764. The molecule has 0 spiro atoms. The summed E-state index contributed by atoms with van der Waals surface area (Å²) < 4.78 is 0. The average Bonchev–Trinajstić information content (AvgIpc) is 3.41. The predicted octanol–water partition coefficient (Wildman–Crippen LogP) is 24.2. The number of carbonyl (C=O) groups excluding carboxylic acids is 3. The number of carbonyl (C=O) groups is 3. The molecule has 0 fully saturated rings. The van der Waals surface area contributed by atoms with E-state index in [2.05, 4.69) is 106 Å². The van der Waals surface area contributed by atoms with E-state index in [9.17, 15) is 14.4 Å². The van der Waals surface area contributed by atoms with Crippen LogP contribution in [0.25, 0.3) is 0 Å². The van der Waals surface area contributed by atoms with Gasteiger partial charge in [0.1, 0.15) is 17.3 Å². The summed E-state index contributed by atoms with van der Waals surface area (Å²) in [6, 6.07) is 0. The van der Waals surface area contributed by atoms with Gasteiger partial charge in [-0.3, -0.25) is 14.4 Å². The number of hydrogen-bond acceptors (Lipinski definition) is 3. The normalized spacial score (nSPS) is 12.8. The van der Waals surface area contributed by atoms with Crippen LogP contribution in [0.15, 0.2) is 85.1 Å². The van der Waals surface area contributed by atoms with Gasteiger partial charge in [0, 0.05) is 25.7 Å². The van der Waals surface area contributed by atoms with Gasteiger partial charge in [0.2, 0.25) is 0 Å². The second kappa shape index (κ2) is 63.7. The maximum Gasteiger partial charge on any atom is 0.143 e. The Labute approximate surface area is 468 Å². The standard InChI is InChI=1S/C72H126O3/c1-4-7-10-13-16-19-22-25-30-35-39-44-49-54-59-64-69(73)65-60-55-50-45-40-36-32-28-27-29-33-37-41-46-51-56-61-66-70(71(74)67-62-57-52-47-42-34-24-21-18-15-12-9-6-3)72(75)68-63-58-53-48-43-38-31-26-23-20-17-14-11-8-5-2/h17,20,25-28,30-31,33,36-37,40,46,51,70H,4-16,18-19,21-24,29,32,34-35,38-39,41-45,47-50,52-68H2,1-3H3/b20-17-,28-27-,30-25-,31-26-,37-33-,40-36-,51-46-. The Balaban J connectivity index is 4.25. The lowest BCUT2D eigenvalue weighted by atomic mass is 9.87. The van der Waals surface area contributed by atoms with Crippen LogP contribution >= 0.6 is 0 Å². The summed E-state index contributed by atoms with van der Waals surface area (Å²) in [5.41, 5.74) is 0. The number of ketones is 3. The highest BCUT2D eigenvalue weighted by Gasteiger charge is 2.24. The van der Waals surface area contributed by atoms with Gasteiger partial charge in [0.25, 0.3) is 0 Å². The van der Waals surface area contributed by atoms with E-state index in [0.717, 1.165) is 109 Å². The van der Waals surface area contributed by atoms with Gasteiger partial charge in [-0.25, -0.2) is 0 Å². The molecule has 0 aromatic heterocycles. The van der Waals surface area contributed by atoms with Gasteiger partial charge in [0.05, 0.1) is 5.92 Å². The SMILES string of the molecule is CCCCC/C=C\C/C=C\CCCCCCCC(=O)C(CCC/C=C\C/C=C\C/C=C\C/C=C\CCCCCC(=O)CCCCCCC/C=C\CCCCCCCC)C(=O)CCCCCCCCCCCCCCC. The van der Waals surface area contributed by atoms with E-state index in [-0.39, 0.29) is 11.6 Å². The molecule has 0 aliphatic carbocycles. The molecule has 0 saturated heterocycles. The first-order valence-electron chi connectivity index (χ1n) is 33.2. The number of unbranched alkanes of at least 4 members (excludes halogenated alkanes) is 35. The summed E-state index contributed by atoms with van der Waals surface area (Å²) in [7, 11) is 0. The largest absolute Gasteiger partial charge is 0.300 e. The maximum absolute atomic E-state index is 13.5. The molecular formula is C72H126O3. The van der Waals surface area contributed by atoms with E-state index in [0.29, 0.717) is 25.0 Å². The highest BCUT2D eigenvalue weighted by atomic mass is 16.2. The molecule has 0 bridgehead atoms. The van der Waals surface area contributed by atoms with Crippen molar-refractivity contribution >= 4 is 17.3 Å². The molecule has 1 atom stereocenters. The summed E-state index contributed by atoms with van der Waals surface area (Å²) in [5, 5.41) is 0. The van der Waals surface area contributed by atoms with Crippen molar-refractivity contribution in [3.63, 3.8) is 0 Å². The Morgan fingerprint density at radius 2 is 0.453 bits per heavy atom. The van der Waals surface area contributed by atoms with Crippen LogP contribution in [0.1, 0.15) is 348 Å². The molecule has 0 saturated carbocycles. The number of rotatable bonds is 61. The van der Waals surface area contributed by atoms with E-state index >= 15 is 0 Å². The van der Waals surface area contributed by atoms with Crippen LogP contribution in [0.5, 0.6) is 0 Å². The van der Waals surface area contributed by atoms with Crippen LogP contribution in [0.4, 0.5) is 0 Å². The molecule has 0 heterocycles. The van der Waals surface area contributed by atoms with Crippen molar-refractivity contribution in [1.82, 2.24) is 0 Å². The summed E-state index contributed by atoms with van der Waals surface area (Å²) in [5.74, 6) is 0.477. The van der Waals surface area contributed by atoms with E-state index < -0.39 is 5.92 Å². The van der Waals surface area contributed by atoms with E-state index in [4.69, 9.17) is 0 Å². The van der Waals surface area contributed by atoms with Gasteiger partial charge < -0.3 is 0 Å². The highest BCUT2D eigenvalue weighted by molar-refractivity contribution is 6.02. The Morgan fingerprint density at radius 3 is 0.787 bits per heavy atom. The first kappa shape index (κ1) is 72.2. The molecule has 3 nitrogen and oxygen atoms in total. The molecule has 3 heteroatoms. The average molecular weight is 1040 g/mol. The van der Waals surface area contributed by atoms with Gasteiger partial charge in [-0.15, -0.1) is 0 Å². The molecule has 0 aromatic rings. The topological polar surface area (TPSA) is 51.2 Å². The van der Waals surface area contributed by atoms with E-state index in [1.54, 1.807) is 0 Å². The van der Waals surface area contributed by atoms with Crippen LogP contribution < -0.4 is 0 Å². The summed E-state index contributed by atoms with van der Waals surface area (Å²) in [4.78, 5) is 39.3. The summed E-state index contributed by atoms with van der Waals surface area (Å²) in [6.07, 6.45) is 91.2. The van der Waals surface area contributed by atoms with Crippen molar-refractivity contribution in [2.24, 2.45) is 5.92 Å². The van der Waals surface area contributed by atoms with Crippen LogP contribution in [0.3, 0.4) is 0 Å². The zero-order valence-corrected chi connectivity index (χ0v) is 50.4. The minimum atomic E-state index is -0.401. The smallest absolute Gasteiger partial charge is 0.143 e. The molecule has 0 rings (SSSR count). The molecule has 75 heavy (non-hydrogen) atoms. The lowest BCUT2D eigenvalue weighted by Gasteiger charge is -2.15. The third-order valence-corrected chi connectivity index (χ3v) is 15.1. The van der Waals surface area contributed by atoms with Gasteiger partial charge in [-0.05, 0) is 135 Å². The Bertz CT molecular complexity index is 1420. The van der Waals surface area contributed by atoms with Crippen molar-refractivity contribution < 1.29 is 14.4 Å². The Kier molecular flexibility index (Phi) is 61.3. The fourth-order valence-corrected chi connectivity index (χ4v) is 10.0. The minimum absolute atomic E-state index is 0.203. The van der Waals surface area contributed by atoms with Crippen LogP contribution in [-0.2, 0) is 14.4 Å². The van der Waals surface area contributed by atoms with Crippen LogP contribution in [0.2, 0.25) is 0 Å². The lowest BCUT2D eigenvalue weighted by molar-refractivity contribution is -0.133. The highest BCUT2D eigenvalue weighted by Crippen LogP contribution is 2.21. The van der Waals surface area contributed by atoms with E-state index in [1.165, 1.54) is 199 Å². The van der Waals surface area contributed by atoms with Crippen LogP contribution in [-0.4, -0.2) is 17.3 Å². The van der Waals surface area contributed by atoms with E-state index in [1.807, 2.05) is 0 Å². The molecule has 0 radical (unpaired) electrons. The Morgan fingerprint density at radius 1 is 0.240 bits per heavy atom. The first-order valence-corrected chi connectivity index (χ1v) is 33.2. The van der Waals surface area contributed by atoms with Crippen LogP contribution in [0, 0.1) is 5.92 Å². The summed E-state index contributed by atoms with van der Waals surface area (Å²) in [6.45, 7) is 6.82. The fourth-order valence-electron chi connectivity index (χ4n) is 10.0. The zero-order valence-electron chi connectivity index (χ0n) is 50.4. The number of Topliss-reactive ketones (excluding diaryl/α,β-unsaturated/α-hetero) is 3. The van der Waals surface area contributed by atoms with Gasteiger partial charge >= 0.3 is 0 Å². The third kappa shape index (κ3) is 58.7. The Hall–Kier alpha value is -2.81. The quantitative estimate of drug-likeness (QED) is 0.0346. The van der Waals surface area contributed by atoms with Crippen molar-refractivity contribution in [3.8, 4) is 0 Å². The molecule has 1 unspecified atom stereocenters. The number of allylic oxidation sites excluding steroid dienone is 14.